The van der Waals surface area contributed by atoms with Gasteiger partial charge in [0.05, 0.1) is 12.7 Å². The van der Waals surface area contributed by atoms with Crippen molar-refractivity contribution in [2.75, 3.05) is 0 Å². The monoisotopic (exact) mass is 222 g/mol. The molecular weight excluding hydrogens is 200 g/mol. The van der Waals surface area contributed by atoms with Crippen LogP contribution in [0.5, 0.6) is 0 Å². The van der Waals surface area contributed by atoms with Gasteiger partial charge < -0.3 is 9.73 Å². The van der Waals surface area contributed by atoms with Gasteiger partial charge >= 0.3 is 0 Å². The lowest BCUT2D eigenvalue weighted by Crippen LogP contribution is -2.35. The topological polar surface area (TPSA) is 38.1 Å². The van der Waals surface area contributed by atoms with Crippen LogP contribution in [0.4, 0.5) is 0 Å². The fraction of sp³-hybridized carbons (Fsp3) is 0.769. The fourth-order valence-corrected chi connectivity index (χ4v) is 2.45. The first-order valence-corrected chi connectivity index (χ1v) is 6.30. The molecule has 1 aliphatic rings. The maximum absolute atomic E-state index is 5.45. The predicted octanol–water partition coefficient (Wildman–Crippen LogP) is 2.90. The number of hydrogen-bond acceptors (Lipinski definition) is 3. The van der Waals surface area contributed by atoms with Crippen molar-refractivity contribution in [1.29, 1.82) is 0 Å². The average Bonchev–Trinajstić information content (AvgIpc) is 2.66. The van der Waals surface area contributed by atoms with Crippen LogP contribution in [0.25, 0.3) is 0 Å². The van der Waals surface area contributed by atoms with Gasteiger partial charge in [-0.15, -0.1) is 0 Å². The largest absolute Gasteiger partial charge is 0.445 e. The normalized spacial score (nSPS) is 30.6. The van der Waals surface area contributed by atoms with Crippen LogP contribution in [-0.4, -0.2) is 11.0 Å². The summed E-state index contributed by atoms with van der Waals surface area (Å²) in [6.45, 7) is 7.41. The minimum absolute atomic E-state index is 0.637. The molecule has 1 fully saturated rings. The molecule has 1 N–H and O–H groups in total. The molecule has 0 spiro atoms. The SMILES string of the molecule is Cc1cnc(CNC2CCC(C)C(C)C2)o1. The predicted molar refractivity (Wildman–Crippen MR) is 64.0 cm³/mol. The lowest BCUT2D eigenvalue weighted by molar-refractivity contribution is 0.222. The van der Waals surface area contributed by atoms with Crippen LogP contribution in [0.15, 0.2) is 10.6 Å². The van der Waals surface area contributed by atoms with Gasteiger partial charge in [0.25, 0.3) is 0 Å². The standard InChI is InChI=1S/C13H22N2O/c1-9-4-5-12(6-10(9)2)14-8-13-15-7-11(3)16-13/h7,9-10,12,14H,4-6,8H2,1-3H3. The Morgan fingerprint density at radius 2 is 2.19 bits per heavy atom. The van der Waals surface area contributed by atoms with Crippen molar-refractivity contribution in [1.82, 2.24) is 10.3 Å². The molecule has 0 saturated heterocycles. The number of rotatable bonds is 3. The van der Waals surface area contributed by atoms with Gasteiger partial charge in [-0.05, 0) is 38.0 Å². The first-order valence-electron chi connectivity index (χ1n) is 6.30. The van der Waals surface area contributed by atoms with E-state index in [2.05, 4.69) is 24.1 Å². The number of nitrogens with one attached hydrogen (secondary N) is 1. The third kappa shape index (κ3) is 2.85. The van der Waals surface area contributed by atoms with Crippen molar-refractivity contribution in [3.63, 3.8) is 0 Å². The van der Waals surface area contributed by atoms with Crippen LogP contribution in [-0.2, 0) is 6.54 Å². The second kappa shape index (κ2) is 5.00. The van der Waals surface area contributed by atoms with E-state index in [0.717, 1.165) is 30.0 Å². The second-order valence-corrected chi connectivity index (χ2v) is 5.21. The summed E-state index contributed by atoms with van der Waals surface area (Å²) in [5, 5.41) is 3.55. The number of hydrogen-bond donors (Lipinski definition) is 1. The summed E-state index contributed by atoms with van der Waals surface area (Å²) in [5.41, 5.74) is 0. The van der Waals surface area contributed by atoms with Crippen molar-refractivity contribution in [3.05, 3.63) is 17.8 Å². The Hall–Kier alpha value is -0.830. The molecule has 0 aromatic carbocycles. The Bertz CT molecular complexity index is 334. The second-order valence-electron chi connectivity index (χ2n) is 5.21. The summed E-state index contributed by atoms with van der Waals surface area (Å²) < 4.78 is 5.45. The number of aromatic nitrogens is 1. The van der Waals surface area contributed by atoms with Gasteiger partial charge in [0.15, 0.2) is 0 Å². The molecule has 1 saturated carbocycles. The van der Waals surface area contributed by atoms with E-state index in [-0.39, 0.29) is 0 Å². The molecule has 16 heavy (non-hydrogen) atoms. The van der Waals surface area contributed by atoms with Gasteiger partial charge in [-0.25, -0.2) is 4.98 Å². The molecule has 3 nitrogen and oxygen atoms in total. The van der Waals surface area contributed by atoms with Crippen molar-refractivity contribution in [2.24, 2.45) is 11.8 Å². The van der Waals surface area contributed by atoms with Crippen LogP contribution >= 0.6 is 0 Å². The Balaban J connectivity index is 1.78. The maximum atomic E-state index is 5.45. The molecule has 2 rings (SSSR count). The van der Waals surface area contributed by atoms with E-state index >= 15 is 0 Å². The molecule has 0 bridgehead atoms. The van der Waals surface area contributed by atoms with E-state index in [0.29, 0.717) is 6.04 Å². The van der Waals surface area contributed by atoms with Crippen molar-refractivity contribution in [2.45, 2.75) is 52.6 Å². The van der Waals surface area contributed by atoms with E-state index in [1.54, 1.807) is 6.20 Å². The van der Waals surface area contributed by atoms with E-state index in [1.165, 1.54) is 19.3 Å². The summed E-state index contributed by atoms with van der Waals surface area (Å²) in [4.78, 5) is 4.20. The van der Waals surface area contributed by atoms with Crippen molar-refractivity contribution >= 4 is 0 Å². The molecule has 0 amide bonds. The lowest BCUT2D eigenvalue weighted by atomic mass is 9.79. The molecular formula is C13H22N2O. The van der Waals surface area contributed by atoms with Crippen LogP contribution in [0.1, 0.15) is 44.8 Å². The van der Waals surface area contributed by atoms with Crippen LogP contribution in [0.2, 0.25) is 0 Å². The van der Waals surface area contributed by atoms with Crippen molar-refractivity contribution in [3.8, 4) is 0 Å². The van der Waals surface area contributed by atoms with E-state index in [4.69, 9.17) is 4.42 Å². The summed E-state index contributed by atoms with van der Waals surface area (Å²) in [7, 11) is 0. The highest BCUT2D eigenvalue weighted by Crippen LogP contribution is 2.29. The first-order chi connectivity index (χ1) is 7.65. The van der Waals surface area contributed by atoms with E-state index in [9.17, 15) is 0 Å². The van der Waals surface area contributed by atoms with Crippen LogP contribution < -0.4 is 5.32 Å². The Labute approximate surface area is 97.6 Å². The first kappa shape index (κ1) is 11.6. The molecule has 1 heterocycles. The summed E-state index contributed by atoms with van der Waals surface area (Å²) in [6, 6.07) is 0.637. The minimum atomic E-state index is 0.637. The number of nitrogens with zero attached hydrogens (tertiary/aromatic N) is 1. The Kier molecular flexibility index (Phi) is 3.64. The van der Waals surface area contributed by atoms with Crippen LogP contribution in [0, 0.1) is 18.8 Å². The van der Waals surface area contributed by atoms with Gasteiger partial charge in [-0.2, -0.15) is 0 Å². The minimum Gasteiger partial charge on any atom is -0.445 e. The average molecular weight is 222 g/mol. The Morgan fingerprint density at radius 1 is 1.38 bits per heavy atom. The van der Waals surface area contributed by atoms with Crippen LogP contribution in [0.3, 0.4) is 0 Å². The molecule has 1 aromatic heterocycles. The zero-order chi connectivity index (χ0) is 11.5. The third-order valence-corrected chi connectivity index (χ3v) is 3.81. The van der Waals surface area contributed by atoms with Gasteiger partial charge in [0.2, 0.25) is 5.89 Å². The highest BCUT2D eigenvalue weighted by Gasteiger charge is 2.24. The van der Waals surface area contributed by atoms with Gasteiger partial charge in [-0.3, -0.25) is 0 Å². The molecule has 1 aromatic rings. The number of oxazole rings is 1. The van der Waals surface area contributed by atoms with Gasteiger partial charge in [0.1, 0.15) is 5.76 Å². The molecule has 3 atom stereocenters. The Morgan fingerprint density at radius 3 is 2.81 bits per heavy atom. The molecule has 3 unspecified atom stereocenters. The zero-order valence-corrected chi connectivity index (χ0v) is 10.5. The van der Waals surface area contributed by atoms with E-state index in [1.807, 2.05) is 6.92 Å². The highest BCUT2D eigenvalue weighted by molar-refractivity contribution is 4.91. The van der Waals surface area contributed by atoms with Gasteiger partial charge in [0, 0.05) is 6.04 Å². The number of aryl methyl sites for hydroxylation is 1. The molecule has 1 aliphatic carbocycles. The molecule has 3 heteroatoms. The summed E-state index contributed by atoms with van der Waals surface area (Å²) in [6.07, 6.45) is 5.68. The third-order valence-electron chi connectivity index (χ3n) is 3.81. The smallest absolute Gasteiger partial charge is 0.208 e. The summed E-state index contributed by atoms with van der Waals surface area (Å²) in [5.74, 6) is 3.41. The molecule has 90 valence electrons. The zero-order valence-electron chi connectivity index (χ0n) is 10.5. The fourth-order valence-electron chi connectivity index (χ4n) is 2.45. The van der Waals surface area contributed by atoms with Gasteiger partial charge in [-0.1, -0.05) is 13.8 Å². The van der Waals surface area contributed by atoms with Crippen molar-refractivity contribution < 1.29 is 4.42 Å². The highest BCUT2D eigenvalue weighted by atomic mass is 16.4. The quantitative estimate of drug-likeness (QED) is 0.854. The molecule has 0 radical (unpaired) electrons. The lowest BCUT2D eigenvalue weighted by Gasteiger charge is -2.32. The summed E-state index contributed by atoms with van der Waals surface area (Å²) >= 11 is 0. The maximum Gasteiger partial charge on any atom is 0.208 e. The molecule has 0 aliphatic heterocycles. The van der Waals surface area contributed by atoms with E-state index < -0.39 is 0 Å².